The van der Waals surface area contributed by atoms with E-state index in [1.807, 2.05) is 0 Å². The summed E-state index contributed by atoms with van der Waals surface area (Å²) < 4.78 is 0. The van der Waals surface area contributed by atoms with Gasteiger partial charge in [0.2, 0.25) is 0 Å². The van der Waals surface area contributed by atoms with E-state index in [1.54, 1.807) is 0 Å². The maximum atomic E-state index is 9.45. The van der Waals surface area contributed by atoms with Gasteiger partial charge in [0, 0.05) is 11.6 Å². The van der Waals surface area contributed by atoms with Crippen LogP contribution in [0.5, 0.6) is 0 Å². The van der Waals surface area contributed by atoms with E-state index in [0.29, 0.717) is 5.92 Å². The van der Waals surface area contributed by atoms with Gasteiger partial charge in [-0.2, -0.15) is 0 Å². The fourth-order valence-electron chi connectivity index (χ4n) is 3.33. The highest BCUT2D eigenvalue weighted by Crippen LogP contribution is 2.36. The minimum atomic E-state index is -0.276. The molecule has 0 heterocycles. The van der Waals surface area contributed by atoms with Crippen molar-refractivity contribution in [3.63, 3.8) is 0 Å². The molecule has 0 spiro atoms. The predicted molar refractivity (Wildman–Crippen MR) is 70.8 cm³/mol. The summed E-state index contributed by atoms with van der Waals surface area (Å²) in [6.45, 7) is 4.83. The standard InChI is InChI=1S/C14H28N2O/c1-2-9-16(13-5-6-13)10-7-12-4-3-8-14(12,15)11-17/h12-13,17H,2-11,15H2,1H3. The molecule has 0 radical (unpaired) electrons. The van der Waals surface area contributed by atoms with Crippen LogP contribution in [0.4, 0.5) is 0 Å². The Kier molecular flexibility index (Phi) is 4.45. The highest BCUT2D eigenvalue weighted by atomic mass is 16.3. The van der Waals surface area contributed by atoms with E-state index >= 15 is 0 Å². The maximum absolute atomic E-state index is 9.45. The molecule has 100 valence electrons. The Balaban J connectivity index is 1.79. The van der Waals surface area contributed by atoms with E-state index in [2.05, 4.69) is 11.8 Å². The lowest BCUT2D eigenvalue weighted by Gasteiger charge is -2.31. The number of rotatable bonds is 7. The Morgan fingerprint density at radius 2 is 2.06 bits per heavy atom. The third-order valence-corrected chi connectivity index (χ3v) is 4.64. The first-order chi connectivity index (χ1) is 8.19. The molecule has 0 aromatic heterocycles. The first kappa shape index (κ1) is 13.3. The first-order valence-corrected chi connectivity index (χ1v) is 7.33. The van der Waals surface area contributed by atoms with Crippen molar-refractivity contribution in [3.05, 3.63) is 0 Å². The Labute approximate surface area is 105 Å². The second-order valence-corrected chi connectivity index (χ2v) is 6.04. The number of aliphatic hydroxyl groups is 1. The van der Waals surface area contributed by atoms with E-state index < -0.39 is 0 Å². The second kappa shape index (κ2) is 5.68. The van der Waals surface area contributed by atoms with Crippen LogP contribution in [0.1, 0.15) is 51.9 Å². The molecule has 2 unspecified atom stereocenters. The number of hydrogen-bond acceptors (Lipinski definition) is 3. The summed E-state index contributed by atoms with van der Waals surface area (Å²) in [7, 11) is 0. The monoisotopic (exact) mass is 240 g/mol. The van der Waals surface area contributed by atoms with E-state index in [-0.39, 0.29) is 12.1 Å². The topological polar surface area (TPSA) is 49.5 Å². The summed E-state index contributed by atoms with van der Waals surface area (Å²) >= 11 is 0. The first-order valence-electron chi connectivity index (χ1n) is 7.33. The van der Waals surface area contributed by atoms with Crippen LogP contribution in [0.25, 0.3) is 0 Å². The number of nitrogens with two attached hydrogens (primary N) is 1. The lowest BCUT2D eigenvalue weighted by molar-refractivity contribution is 0.142. The molecule has 0 aromatic rings. The molecule has 3 heteroatoms. The van der Waals surface area contributed by atoms with Gasteiger partial charge in [-0.05, 0) is 57.5 Å². The van der Waals surface area contributed by atoms with Crippen molar-refractivity contribution >= 4 is 0 Å². The normalized spacial score (nSPS) is 33.5. The van der Waals surface area contributed by atoms with Crippen LogP contribution < -0.4 is 5.73 Å². The zero-order valence-electron chi connectivity index (χ0n) is 11.2. The molecule has 2 saturated carbocycles. The molecule has 0 aromatic carbocycles. The van der Waals surface area contributed by atoms with Gasteiger partial charge in [0.25, 0.3) is 0 Å². The minimum Gasteiger partial charge on any atom is -0.394 e. The number of hydrogen-bond donors (Lipinski definition) is 2. The average Bonchev–Trinajstić information content (AvgIpc) is 3.10. The van der Waals surface area contributed by atoms with Gasteiger partial charge in [-0.3, -0.25) is 0 Å². The molecule has 0 amide bonds. The molecule has 2 rings (SSSR count). The molecule has 3 N–H and O–H groups in total. The molecule has 0 bridgehead atoms. The van der Waals surface area contributed by atoms with Crippen molar-refractivity contribution < 1.29 is 5.11 Å². The Bertz CT molecular complexity index is 242. The summed E-state index contributed by atoms with van der Waals surface area (Å²) in [5.41, 5.74) is 6.01. The van der Waals surface area contributed by atoms with Gasteiger partial charge in [-0.1, -0.05) is 13.3 Å². The van der Waals surface area contributed by atoms with Crippen LogP contribution in [0.15, 0.2) is 0 Å². The third kappa shape index (κ3) is 3.21. The highest BCUT2D eigenvalue weighted by Gasteiger charge is 2.39. The van der Waals surface area contributed by atoms with Crippen LogP contribution in [0.3, 0.4) is 0 Å². The van der Waals surface area contributed by atoms with Gasteiger partial charge in [0.1, 0.15) is 0 Å². The number of nitrogens with zero attached hydrogens (tertiary/aromatic N) is 1. The van der Waals surface area contributed by atoms with Gasteiger partial charge in [0.15, 0.2) is 0 Å². The predicted octanol–water partition coefficient (Wildman–Crippen LogP) is 1.74. The smallest absolute Gasteiger partial charge is 0.0613 e. The zero-order chi connectivity index (χ0) is 12.3. The molecule has 0 aliphatic heterocycles. The minimum absolute atomic E-state index is 0.162. The molecular weight excluding hydrogens is 212 g/mol. The van der Waals surface area contributed by atoms with Gasteiger partial charge >= 0.3 is 0 Å². The van der Waals surface area contributed by atoms with Crippen molar-refractivity contribution in [3.8, 4) is 0 Å². The van der Waals surface area contributed by atoms with Crippen molar-refractivity contribution in [2.45, 2.75) is 63.5 Å². The largest absolute Gasteiger partial charge is 0.394 e. The fraction of sp³-hybridized carbons (Fsp3) is 1.00. The van der Waals surface area contributed by atoms with Crippen LogP contribution in [0.2, 0.25) is 0 Å². The Morgan fingerprint density at radius 3 is 2.65 bits per heavy atom. The van der Waals surface area contributed by atoms with E-state index in [1.165, 1.54) is 51.6 Å². The lowest BCUT2D eigenvalue weighted by atomic mass is 9.86. The number of aliphatic hydroxyl groups excluding tert-OH is 1. The Morgan fingerprint density at radius 1 is 1.29 bits per heavy atom. The molecule has 2 atom stereocenters. The lowest BCUT2D eigenvalue weighted by Crippen LogP contribution is -2.48. The summed E-state index contributed by atoms with van der Waals surface area (Å²) in [4.78, 5) is 2.64. The molecule has 17 heavy (non-hydrogen) atoms. The molecule has 3 nitrogen and oxygen atoms in total. The maximum Gasteiger partial charge on any atom is 0.0613 e. The van der Waals surface area contributed by atoms with Gasteiger partial charge in [-0.15, -0.1) is 0 Å². The van der Waals surface area contributed by atoms with Crippen LogP contribution in [-0.2, 0) is 0 Å². The molecular formula is C14H28N2O. The van der Waals surface area contributed by atoms with Crippen molar-refractivity contribution in [1.29, 1.82) is 0 Å². The summed E-state index contributed by atoms with van der Waals surface area (Å²) in [5, 5.41) is 9.45. The van der Waals surface area contributed by atoms with Crippen molar-refractivity contribution in [2.75, 3.05) is 19.7 Å². The quantitative estimate of drug-likeness (QED) is 0.712. The van der Waals surface area contributed by atoms with E-state index in [0.717, 1.165) is 12.5 Å². The second-order valence-electron chi connectivity index (χ2n) is 6.04. The van der Waals surface area contributed by atoms with E-state index in [9.17, 15) is 5.11 Å². The fourth-order valence-corrected chi connectivity index (χ4v) is 3.33. The third-order valence-electron chi connectivity index (χ3n) is 4.64. The van der Waals surface area contributed by atoms with E-state index in [4.69, 9.17) is 5.73 Å². The summed E-state index contributed by atoms with van der Waals surface area (Å²) in [6, 6.07) is 0.859. The Hall–Kier alpha value is -0.120. The summed E-state index contributed by atoms with van der Waals surface area (Å²) in [6.07, 6.45) is 8.60. The van der Waals surface area contributed by atoms with Crippen LogP contribution in [-0.4, -0.2) is 41.3 Å². The van der Waals surface area contributed by atoms with Crippen molar-refractivity contribution in [1.82, 2.24) is 4.90 Å². The molecule has 2 fully saturated rings. The highest BCUT2D eigenvalue weighted by molar-refractivity contribution is 4.96. The van der Waals surface area contributed by atoms with Crippen LogP contribution in [0, 0.1) is 5.92 Å². The zero-order valence-corrected chi connectivity index (χ0v) is 11.2. The SMILES string of the molecule is CCCN(CCC1CCCC1(N)CO)C1CC1. The van der Waals surface area contributed by atoms with Crippen molar-refractivity contribution in [2.24, 2.45) is 11.7 Å². The average molecular weight is 240 g/mol. The van der Waals surface area contributed by atoms with Gasteiger partial charge < -0.3 is 15.7 Å². The van der Waals surface area contributed by atoms with Gasteiger partial charge in [0.05, 0.1) is 6.61 Å². The molecule has 2 aliphatic rings. The van der Waals surface area contributed by atoms with Crippen LogP contribution >= 0.6 is 0 Å². The summed E-state index contributed by atoms with van der Waals surface area (Å²) in [5.74, 6) is 0.533. The molecule has 0 saturated heterocycles. The van der Waals surface area contributed by atoms with Gasteiger partial charge in [-0.25, -0.2) is 0 Å². The molecule has 2 aliphatic carbocycles.